The van der Waals surface area contributed by atoms with E-state index in [1.165, 1.54) is 5.57 Å². The van der Waals surface area contributed by atoms with Crippen LogP contribution in [0.15, 0.2) is 22.0 Å². The zero-order valence-electron chi connectivity index (χ0n) is 25.5. The fraction of sp³-hybridized carbons (Fsp3) is 0.862. The van der Waals surface area contributed by atoms with Crippen molar-refractivity contribution >= 4 is 28.1 Å². The van der Waals surface area contributed by atoms with Gasteiger partial charge in [0, 0.05) is 5.41 Å². The molecule has 3 fully saturated rings. The smallest absolute Gasteiger partial charge is 0.185 e. The standard InChI is InChI=1S/C29H52N2O5Si2/c1-27-15-13-21(30-33-3)17-20(27)11-12-22-23-14-16-29(36-38(8,9)10,28(23,2)18-24(32)26(22)27)25(31-34-4)19-35-37(5,6)7/h17,22-24,26,32H,11-16,18-19H2,1-10H3/b30-21-,31-25+/t22-,23-,24?,26+,27-,28-,29-/m0/s1. The van der Waals surface area contributed by atoms with Crippen LogP contribution in [0.25, 0.3) is 0 Å². The second-order valence-corrected chi connectivity index (χ2v) is 23.5. The van der Waals surface area contributed by atoms with Crippen molar-refractivity contribution in [3.8, 4) is 0 Å². The molecular formula is C29H52N2O5Si2. The van der Waals surface area contributed by atoms with Gasteiger partial charge in [-0.25, -0.2) is 0 Å². The molecule has 3 saturated carbocycles. The lowest BCUT2D eigenvalue weighted by Crippen LogP contribution is -2.64. The summed E-state index contributed by atoms with van der Waals surface area (Å²) < 4.78 is 13.7. The van der Waals surface area contributed by atoms with Gasteiger partial charge in [-0.2, -0.15) is 0 Å². The Labute approximate surface area is 232 Å². The normalized spacial score (nSPS) is 40.8. The number of hydrogen-bond acceptors (Lipinski definition) is 7. The Kier molecular flexibility index (Phi) is 8.23. The van der Waals surface area contributed by atoms with E-state index in [9.17, 15) is 5.11 Å². The van der Waals surface area contributed by atoms with Crippen LogP contribution < -0.4 is 0 Å². The predicted octanol–water partition coefficient (Wildman–Crippen LogP) is 6.37. The first-order valence-electron chi connectivity index (χ1n) is 14.5. The number of allylic oxidation sites excluding steroid dienone is 2. The summed E-state index contributed by atoms with van der Waals surface area (Å²) in [6.45, 7) is 18.6. The second kappa shape index (κ2) is 10.4. The van der Waals surface area contributed by atoms with Crippen molar-refractivity contribution in [2.24, 2.45) is 38.9 Å². The van der Waals surface area contributed by atoms with Gasteiger partial charge in [0.25, 0.3) is 0 Å². The van der Waals surface area contributed by atoms with Crippen LogP contribution in [0.2, 0.25) is 39.3 Å². The molecule has 38 heavy (non-hydrogen) atoms. The summed E-state index contributed by atoms with van der Waals surface area (Å²) in [4.78, 5) is 10.6. The molecule has 0 amide bonds. The average molecular weight is 565 g/mol. The molecule has 4 aliphatic carbocycles. The van der Waals surface area contributed by atoms with Gasteiger partial charge in [0.1, 0.15) is 25.5 Å². The second-order valence-electron chi connectivity index (χ2n) is 14.6. The molecule has 1 N–H and O–H groups in total. The maximum atomic E-state index is 12.1. The number of fused-ring (bicyclic) bond motifs is 5. The lowest BCUT2D eigenvalue weighted by atomic mass is 9.45. The highest BCUT2D eigenvalue weighted by Gasteiger charge is 2.69. The van der Waals surface area contributed by atoms with E-state index in [2.05, 4.69) is 69.5 Å². The summed E-state index contributed by atoms with van der Waals surface area (Å²) in [5, 5.41) is 20.9. The Morgan fingerprint density at radius 3 is 2.32 bits per heavy atom. The summed E-state index contributed by atoms with van der Waals surface area (Å²) in [6, 6.07) is 0. The van der Waals surface area contributed by atoms with Gasteiger partial charge in [0.05, 0.1) is 18.4 Å². The van der Waals surface area contributed by atoms with Gasteiger partial charge in [-0.1, -0.05) is 29.7 Å². The topological polar surface area (TPSA) is 81.9 Å². The fourth-order valence-electron chi connectivity index (χ4n) is 8.71. The molecule has 0 bridgehead atoms. The van der Waals surface area contributed by atoms with Gasteiger partial charge < -0.3 is 23.6 Å². The Balaban J connectivity index is 1.75. The molecule has 0 aromatic heterocycles. The van der Waals surface area contributed by atoms with Crippen LogP contribution in [-0.2, 0) is 18.5 Å². The van der Waals surface area contributed by atoms with Gasteiger partial charge in [0.15, 0.2) is 16.6 Å². The monoisotopic (exact) mass is 564 g/mol. The van der Waals surface area contributed by atoms with Crippen molar-refractivity contribution in [3.63, 3.8) is 0 Å². The first kappa shape index (κ1) is 30.0. The molecule has 216 valence electrons. The van der Waals surface area contributed by atoms with Crippen LogP contribution in [0.1, 0.15) is 58.8 Å². The molecule has 7 nitrogen and oxygen atoms in total. The first-order valence-corrected chi connectivity index (χ1v) is 21.4. The summed E-state index contributed by atoms with van der Waals surface area (Å²) in [5.41, 5.74) is 2.50. The van der Waals surface area contributed by atoms with Gasteiger partial charge in [0.2, 0.25) is 0 Å². The zero-order valence-corrected chi connectivity index (χ0v) is 27.5. The highest BCUT2D eigenvalue weighted by Crippen LogP contribution is 2.68. The minimum absolute atomic E-state index is 0.00823. The molecule has 4 aliphatic rings. The molecule has 7 atom stereocenters. The van der Waals surface area contributed by atoms with E-state index >= 15 is 0 Å². The molecule has 0 heterocycles. The van der Waals surface area contributed by atoms with Crippen LogP contribution in [0.3, 0.4) is 0 Å². The molecule has 0 radical (unpaired) electrons. The number of aliphatic hydroxyl groups excluding tert-OH is 1. The van der Waals surface area contributed by atoms with E-state index in [-0.39, 0.29) is 16.7 Å². The molecule has 1 unspecified atom stereocenters. The summed E-state index contributed by atoms with van der Waals surface area (Å²) >= 11 is 0. The van der Waals surface area contributed by atoms with Crippen LogP contribution in [0.5, 0.6) is 0 Å². The SMILES string of the molecule is CO/N=C1\C=C2CC[C@@H]3[C@H](C(O)C[C@@]4(C)[C@H]3CC[C@]4(O[Si](C)(C)C)/C(CO[Si](C)(C)C)=N/OC)[C@@]2(C)CC1. The van der Waals surface area contributed by atoms with Crippen molar-refractivity contribution in [2.45, 2.75) is 110 Å². The number of oxime groups is 2. The molecular weight excluding hydrogens is 513 g/mol. The van der Waals surface area contributed by atoms with Gasteiger partial charge in [-0.3, -0.25) is 0 Å². The Hall–Kier alpha value is -1.01. The van der Waals surface area contributed by atoms with E-state index in [1.54, 1.807) is 14.2 Å². The van der Waals surface area contributed by atoms with Crippen molar-refractivity contribution < 1.29 is 23.6 Å². The van der Waals surface area contributed by atoms with Gasteiger partial charge >= 0.3 is 0 Å². The molecule has 0 aliphatic heterocycles. The zero-order chi connectivity index (χ0) is 28.1. The number of rotatable bonds is 8. The number of aliphatic hydroxyl groups is 1. The highest BCUT2D eigenvalue weighted by molar-refractivity contribution is 6.70. The number of nitrogens with zero attached hydrogens (tertiary/aromatic N) is 2. The first-order chi connectivity index (χ1) is 17.6. The fourth-order valence-corrected chi connectivity index (χ4v) is 10.8. The van der Waals surface area contributed by atoms with E-state index in [0.29, 0.717) is 24.9 Å². The van der Waals surface area contributed by atoms with Gasteiger partial charge in [-0.05, 0) is 113 Å². The number of hydrogen-bond donors (Lipinski definition) is 1. The van der Waals surface area contributed by atoms with Crippen LogP contribution in [-0.4, -0.2) is 65.7 Å². The van der Waals surface area contributed by atoms with E-state index in [4.69, 9.17) is 18.5 Å². The highest BCUT2D eigenvalue weighted by atomic mass is 28.4. The summed E-state index contributed by atoms with van der Waals surface area (Å²) in [7, 11) is -0.562. The van der Waals surface area contributed by atoms with E-state index in [1.807, 2.05) is 0 Å². The minimum atomic E-state index is -2.01. The third-order valence-corrected chi connectivity index (χ3v) is 12.0. The van der Waals surface area contributed by atoms with E-state index < -0.39 is 28.3 Å². The molecule has 0 aromatic rings. The summed E-state index contributed by atoms with van der Waals surface area (Å²) in [6.07, 6.45) is 8.60. The molecule has 4 rings (SSSR count). The van der Waals surface area contributed by atoms with E-state index in [0.717, 1.165) is 49.9 Å². The largest absolute Gasteiger partial charge is 0.412 e. The predicted molar refractivity (Wildman–Crippen MR) is 158 cm³/mol. The molecule has 0 saturated heterocycles. The Morgan fingerprint density at radius 1 is 1.00 bits per heavy atom. The van der Waals surface area contributed by atoms with Crippen LogP contribution in [0.4, 0.5) is 0 Å². The average Bonchev–Trinajstić information content (AvgIpc) is 3.07. The summed E-state index contributed by atoms with van der Waals surface area (Å²) in [5.74, 6) is 1.14. The Bertz CT molecular complexity index is 986. The van der Waals surface area contributed by atoms with Crippen molar-refractivity contribution in [1.82, 2.24) is 0 Å². The third kappa shape index (κ3) is 5.22. The van der Waals surface area contributed by atoms with Crippen molar-refractivity contribution in [1.29, 1.82) is 0 Å². The van der Waals surface area contributed by atoms with Crippen molar-refractivity contribution in [3.05, 3.63) is 11.6 Å². The van der Waals surface area contributed by atoms with Crippen molar-refractivity contribution in [2.75, 3.05) is 20.8 Å². The molecule has 0 aromatic carbocycles. The molecule has 9 heteroatoms. The maximum absolute atomic E-state index is 12.1. The molecule has 0 spiro atoms. The third-order valence-electron chi connectivity index (χ3n) is 10.0. The van der Waals surface area contributed by atoms with Crippen LogP contribution >= 0.6 is 0 Å². The minimum Gasteiger partial charge on any atom is -0.412 e. The van der Waals surface area contributed by atoms with Crippen LogP contribution in [0, 0.1) is 28.6 Å². The van der Waals surface area contributed by atoms with Gasteiger partial charge in [-0.15, -0.1) is 0 Å². The lowest BCUT2D eigenvalue weighted by molar-refractivity contribution is -0.148. The quantitative estimate of drug-likeness (QED) is 0.211. The Morgan fingerprint density at radius 2 is 1.71 bits per heavy atom. The lowest BCUT2D eigenvalue weighted by Gasteiger charge is -2.62. The maximum Gasteiger partial charge on any atom is 0.185 e.